The molecule has 0 aliphatic heterocycles. The van der Waals surface area contributed by atoms with E-state index in [2.05, 4.69) is 10.3 Å². The third kappa shape index (κ3) is 3.70. The zero-order chi connectivity index (χ0) is 18.0. The molecule has 1 aromatic heterocycles. The Morgan fingerprint density at radius 3 is 2.68 bits per heavy atom. The zero-order valence-corrected chi connectivity index (χ0v) is 14.8. The van der Waals surface area contributed by atoms with Gasteiger partial charge in [0.2, 0.25) is 5.43 Å². The lowest BCUT2D eigenvalue weighted by molar-refractivity contribution is 0.0949. The van der Waals surface area contributed by atoms with Crippen molar-refractivity contribution in [3.05, 3.63) is 74.8 Å². The van der Waals surface area contributed by atoms with E-state index in [0.717, 1.165) is 5.56 Å². The Balaban J connectivity index is 1.90. The van der Waals surface area contributed by atoms with Gasteiger partial charge in [0, 0.05) is 22.7 Å². The molecule has 7 heteroatoms. The largest absolute Gasteiger partial charge is 0.358 e. The highest BCUT2D eigenvalue weighted by molar-refractivity contribution is 7.98. The van der Waals surface area contributed by atoms with Gasteiger partial charge in [-0.05, 0) is 36.1 Å². The van der Waals surface area contributed by atoms with Crippen molar-refractivity contribution >= 4 is 40.2 Å². The number of halogens is 2. The molecular weight excluding hydrogens is 363 g/mol. The Hall–Kier alpha value is -2.31. The normalized spacial score (nSPS) is 10.8. The molecule has 0 unspecified atom stereocenters. The van der Waals surface area contributed by atoms with E-state index in [1.165, 1.54) is 24.0 Å². The number of benzene rings is 2. The van der Waals surface area contributed by atoms with Crippen LogP contribution in [0.5, 0.6) is 0 Å². The first-order chi connectivity index (χ1) is 12.0. The molecule has 128 valence electrons. The van der Waals surface area contributed by atoms with Gasteiger partial charge in [-0.3, -0.25) is 9.59 Å². The minimum atomic E-state index is -0.521. The summed E-state index contributed by atoms with van der Waals surface area (Å²) >= 11 is 7.14. The summed E-state index contributed by atoms with van der Waals surface area (Å²) in [5.41, 5.74) is 0.388. The van der Waals surface area contributed by atoms with Crippen LogP contribution in [-0.2, 0) is 6.54 Å². The van der Waals surface area contributed by atoms with Crippen molar-refractivity contribution in [3.63, 3.8) is 0 Å². The van der Waals surface area contributed by atoms with Gasteiger partial charge in [0.1, 0.15) is 11.4 Å². The van der Waals surface area contributed by atoms with E-state index in [4.69, 9.17) is 11.6 Å². The Morgan fingerprint density at radius 2 is 2.00 bits per heavy atom. The molecule has 0 bridgehead atoms. The molecule has 0 aliphatic carbocycles. The summed E-state index contributed by atoms with van der Waals surface area (Å²) in [4.78, 5) is 28.2. The summed E-state index contributed by atoms with van der Waals surface area (Å²) in [5, 5.41) is 3.44. The van der Waals surface area contributed by atoms with Gasteiger partial charge in [-0.25, -0.2) is 4.39 Å². The second kappa shape index (κ2) is 7.29. The van der Waals surface area contributed by atoms with Gasteiger partial charge in [-0.15, -0.1) is 11.8 Å². The van der Waals surface area contributed by atoms with Gasteiger partial charge >= 0.3 is 0 Å². The van der Waals surface area contributed by atoms with Gasteiger partial charge in [0.25, 0.3) is 5.91 Å². The van der Waals surface area contributed by atoms with Gasteiger partial charge in [0.15, 0.2) is 0 Å². The molecule has 0 spiro atoms. The molecule has 0 fully saturated rings. The van der Waals surface area contributed by atoms with E-state index in [9.17, 15) is 14.0 Å². The molecule has 4 nitrogen and oxygen atoms in total. The van der Waals surface area contributed by atoms with Crippen LogP contribution < -0.4 is 10.7 Å². The summed E-state index contributed by atoms with van der Waals surface area (Å²) in [6.07, 6.45) is 3.03. The second-order valence-corrected chi connectivity index (χ2v) is 6.69. The maximum atomic E-state index is 14.1. The van der Waals surface area contributed by atoms with Crippen molar-refractivity contribution in [2.45, 2.75) is 11.4 Å². The Labute approximate surface area is 152 Å². The van der Waals surface area contributed by atoms with E-state index in [-0.39, 0.29) is 23.0 Å². The number of thioether (sulfide) groups is 1. The first kappa shape index (κ1) is 17.5. The molecule has 0 radical (unpaired) electrons. The van der Waals surface area contributed by atoms with Crippen molar-refractivity contribution in [2.75, 3.05) is 6.26 Å². The number of carbonyl (C=O) groups is 1. The average Bonchev–Trinajstić information content (AvgIpc) is 2.61. The molecule has 1 amide bonds. The van der Waals surface area contributed by atoms with Crippen LogP contribution >= 0.6 is 23.4 Å². The lowest BCUT2D eigenvalue weighted by atomic mass is 10.1. The number of carbonyl (C=O) groups excluding carboxylic acids is 1. The predicted molar refractivity (Wildman–Crippen MR) is 98.9 cm³/mol. The van der Waals surface area contributed by atoms with Crippen molar-refractivity contribution in [3.8, 4) is 0 Å². The molecule has 25 heavy (non-hydrogen) atoms. The van der Waals surface area contributed by atoms with E-state index >= 15 is 0 Å². The van der Waals surface area contributed by atoms with E-state index in [1.807, 2.05) is 0 Å². The van der Waals surface area contributed by atoms with Gasteiger partial charge < -0.3 is 10.3 Å². The van der Waals surface area contributed by atoms with Crippen LogP contribution in [0.1, 0.15) is 15.9 Å². The Bertz CT molecular complexity index is 1000. The number of aromatic amines is 1. The molecular formula is C18H14ClFN2O2S. The molecule has 0 atom stereocenters. The Morgan fingerprint density at radius 1 is 1.28 bits per heavy atom. The quantitative estimate of drug-likeness (QED) is 0.677. The fourth-order valence-electron chi connectivity index (χ4n) is 2.43. The number of amides is 1. The van der Waals surface area contributed by atoms with Crippen LogP contribution in [0.4, 0.5) is 4.39 Å². The summed E-state index contributed by atoms with van der Waals surface area (Å²) in [5.74, 6) is -1.04. The summed E-state index contributed by atoms with van der Waals surface area (Å²) in [6.45, 7) is 0.257. The maximum Gasteiger partial charge on any atom is 0.257 e. The lowest BCUT2D eigenvalue weighted by Crippen LogP contribution is -2.28. The van der Waals surface area contributed by atoms with E-state index in [1.54, 1.807) is 36.6 Å². The maximum absolute atomic E-state index is 14.1. The number of nitrogens with one attached hydrogen (secondary N) is 2. The number of aromatic nitrogens is 1. The summed E-state index contributed by atoms with van der Waals surface area (Å²) in [6, 6.07) is 9.94. The van der Waals surface area contributed by atoms with Gasteiger partial charge in [-0.2, -0.15) is 0 Å². The summed E-state index contributed by atoms with van der Waals surface area (Å²) in [7, 11) is 0. The molecule has 0 saturated carbocycles. The highest BCUT2D eigenvalue weighted by Gasteiger charge is 2.15. The summed E-state index contributed by atoms with van der Waals surface area (Å²) < 4.78 is 14.1. The third-order valence-corrected chi connectivity index (χ3v) is 4.72. The molecule has 0 saturated heterocycles. The van der Waals surface area contributed by atoms with Crippen LogP contribution in [-0.4, -0.2) is 17.1 Å². The monoisotopic (exact) mass is 376 g/mol. The highest BCUT2D eigenvalue weighted by Crippen LogP contribution is 2.22. The van der Waals surface area contributed by atoms with Gasteiger partial charge in [-0.1, -0.05) is 23.7 Å². The number of pyridine rings is 1. The second-order valence-electron chi connectivity index (χ2n) is 5.37. The zero-order valence-electron chi connectivity index (χ0n) is 13.2. The SMILES string of the molecule is CSc1cc(F)c2[nH]cc(C(=O)NCc3ccc(Cl)cc3)c(=O)c2c1. The lowest BCUT2D eigenvalue weighted by Gasteiger charge is -2.07. The van der Waals surface area contributed by atoms with Crippen molar-refractivity contribution in [1.82, 2.24) is 10.3 Å². The first-order valence-corrected chi connectivity index (χ1v) is 9.01. The number of rotatable bonds is 4. The first-order valence-electron chi connectivity index (χ1n) is 7.41. The number of H-pyrrole nitrogens is 1. The molecule has 3 aromatic rings. The van der Waals surface area contributed by atoms with Crippen LogP contribution in [0, 0.1) is 5.82 Å². The third-order valence-electron chi connectivity index (χ3n) is 3.76. The standard InChI is InChI=1S/C18H14ClFN2O2S/c1-25-12-6-13-16(15(20)7-12)21-9-14(17(13)23)18(24)22-8-10-2-4-11(19)5-3-10/h2-7,9H,8H2,1H3,(H,21,23)(H,22,24). The van der Waals surface area contributed by atoms with E-state index < -0.39 is 17.2 Å². The molecule has 0 aliphatic rings. The van der Waals surface area contributed by atoms with Crippen LogP contribution in [0.25, 0.3) is 10.9 Å². The number of hydrogen-bond acceptors (Lipinski definition) is 3. The number of hydrogen-bond donors (Lipinski definition) is 2. The highest BCUT2D eigenvalue weighted by atomic mass is 35.5. The van der Waals surface area contributed by atoms with Crippen molar-refractivity contribution in [1.29, 1.82) is 0 Å². The predicted octanol–water partition coefficient (Wildman–Crippen LogP) is 3.97. The van der Waals surface area contributed by atoms with E-state index in [0.29, 0.717) is 9.92 Å². The van der Waals surface area contributed by atoms with Crippen molar-refractivity contribution < 1.29 is 9.18 Å². The minimum absolute atomic E-state index is 0.0564. The van der Waals surface area contributed by atoms with Crippen LogP contribution in [0.2, 0.25) is 5.02 Å². The van der Waals surface area contributed by atoms with Crippen molar-refractivity contribution in [2.24, 2.45) is 0 Å². The Kier molecular flexibility index (Phi) is 5.11. The van der Waals surface area contributed by atoms with Gasteiger partial charge in [0.05, 0.1) is 10.9 Å². The molecule has 1 heterocycles. The molecule has 3 rings (SSSR count). The average molecular weight is 377 g/mol. The van der Waals surface area contributed by atoms with Crippen LogP contribution in [0.15, 0.2) is 52.3 Å². The fraction of sp³-hybridized carbons (Fsp3) is 0.111. The molecule has 2 aromatic carbocycles. The fourth-order valence-corrected chi connectivity index (χ4v) is 3.01. The smallest absolute Gasteiger partial charge is 0.257 e. The minimum Gasteiger partial charge on any atom is -0.358 e. The molecule has 2 N–H and O–H groups in total. The topological polar surface area (TPSA) is 62.0 Å². The van der Waals surface area contributed by atoms with Crippen LogP contribution in [0.3, 0.4) is 0 Å². The number of fused-ring (bicyclic) bond motifs is 1.